The highest BCUT2D eigenvalue weighted by Crippen LogP contribution is 2.18. The van der Waals surface area contributed by atoms with Crippen molar-refractivity contribution in [2.45, 2.75) is 6.42 Å². The van der Waals surface area contributed by atoms with E-state index in [2.05, 4.69) is 4.98 Å². The molecule has 0 fully saturated rings. The van der Waals surface area contributed by atoms with Gasteiger partial charge in [0.25, 0.3) is 0 Å². The second-order valence-corrected chi connectivity index (χ2v) is 3.31. The molecule has 74 valence electrons. The summed E-state index contributed by atoms with van der Waals surface area (Å²) in [6, 6.07) is 11.9. The molecule has 0 saturated carbocycles. The summed E-state index contributed by atoms with van der Waals surface area (Å²) in [5.41, 5.74) is 3.26. The minimum atomic E-state index is 0.479. The molecule has 2 nitrogen and oxygen atoms in total. The number of hydrogen-bond acceptors (Lipinski definition) is 2. The highest BCUT2D eigenvalue weighted by Gasteiger charge is 1.96. The van der Waals surface area contributed by atoms with E-state index in [1.54, 1.807) is 6.20 Å². The number of carbonyl (C=O) groups excluding carboxylic acids is 1. The molecule has 0 spiro atoms. The van der Waals surface area contributed by atoms with Crippen molar-refractivity contribution in [2.24, 2.45) is 0 Å². The van der Waals surface area contributed by atoms with E-state index >= 15 is 0 Å². The van der Waals surface area contributed by atoms with E-state index in [9.17, 15) is 4.79 Å². The Kier molecular flexibility index (Phi) is 2.88. The molecule has 15 heavy (non-hydrogen) atoms. The Bertz CT molecular complexity index is 434. The van der Waals surface area contributed by atoms with Crippen molar-refractivity contribution in [1.29, 1.82) is 0 Å². The lowest BCUT2D eigenvalue weighted by Crippen LogP contribution is -1.85. The number of hydrogen-bond donors (Lipinski definition) is 0. The third kappa shape index (κ3) is 2.29. The van der Waals surface area contributed by atoms with Crippen molar-refractivity contribution < 1.29 is 4.79 Å². The number of aldehydes is 1. The monoisotopic (exact) mass is 197 g/mol. The third-order valence-corrected chi connectivity index (χ3v) is 2.27. The van der Waals surface area contributed by atoms with Crippen LogP contribution in [0.3, 0.4) is 0 Å². The van der Waals surface area contributed by atoms with E-state index in [-0.39, 0.29) is 0 Å². The molecule has 1 aromatic heterocycles. The maximum atomic E-state index is 10.3. The Labute approximate surface area is 88.6 Å². The molecule has 1 aromatic carbocycles. The minimum Gasteiger partial charge on any atom is -0.303 e. The van der Waals surface area contributed by atoms with E-state index in [0.717, 1.165) is 23.0 Å². The van der Waals surface area contributed by atoms with Crippen LogP contribution < -0.4 is 0 Å². The molecule has 0 N–H and O–H groups in total. The number of pyridine rings is 1. The fraction of sp³-hybridized carbons (Fsp3) is 0.0769. The fourth-order valence-electron chi connectivity index (χ4n) is 1.46. The molecule has 0 unspecified atom stereocenters. The molecule has 2 aromatic rings. The van der Waals surface area contributed by atoms with Crippen LogP contribution in [0.1, 0.15) is 5.56 Å². The zero-order valence-corrected chi connectivity index (χ0v) is 8.26. The van der Waals surface area contributed by atoms with Crippen LogP contribution in [0.5, 0.6) is 0 Å². The van der Waals surface area contributed by atoms with Gasteiger partial charge in [0.1, 0.15) is 6.29 Å². The lowest BCUT2D eigenvalue weighted by Gasteiger charge is -2.01. The summed E-state index contributed by atoms with van der Waals surface area (Å²) >= 11 is 0. The van der Waals surface area contributed by atoms with Crippen molar-refractivity contribution in [3.8, 4) is 11.1 Å². The van der Waals surface area contributed by atoms with E-state index in [4.69, 9.17) is 0 Å². The zero-order valence-electron chi connectivity index (χ0n) is 8.26. The summed E-state index contributed by atoms with van der Waals surface area (Å²) < 4.78 is 0. The molecular weight excluding hydrogens is 186 g/mol. The summed E-state index contributed by atoms with van der Waals surface area (Å²) in [4.78, 5) is 14.4. The maximum absolute atomic E-state index is 10.3. The Balaban J connectivity index is 2.28. The number of benzene rings is 1. The topological polar surface area (TPSA) is 30.0 Å². The first kappa shape index (κ1) is 9.59. The average Bonchev–Trinajstić information content (AvgIpc) is 2.32. The largest absolute Gasteiger partial charge is 0.303 e. The number of nitrogens with zero attached hydrogens (tertiary/aromatic N) is 1. The predicted molar refractivity (Wildman–Crippen MR) is 59.4 cm³/mol. The summed E-state index contributed by atoms with van der Waals surface area (Å²) in [5.74, 6) is 0. The van der Waals surface area contributed by atoms with Gasteiger partial charge in [-0.25, -0.2) is 0 Å². The molecule has 0 atom stereocenters. The quantitative estimate of drug-likeness (QED) is 0.707. The van der Waals surface area contributed by atoms with Gasteiger partial charge in [-0.2, -0.15) is 0 Å². The first-order valence-corrected chi connectivity index (χ1v) is 4.83. The lowest BCUT2D eigenvalue weighted by molar-refractivity contribution is -0.107. The Morgan fingerprint density at radius 3 is 2.47 bits per heavy atom. The van der Waals surface area contributed by atoms with Gasteiger partial charge in [-0.15, -0.1) is 0 Å². The van der Waals surface area contributed by atoms with Crippen molar-refractivity contribution in [2.75, 3.05) is 0 Å². The van der Waals surface area contributed by atoms with E-state index < -0.39 is 0 Å². The predicted octanol–water partition coefficient (Wildman–Crippen LogP) is 2.49. The van der Waals surface area contributed by atoms with E-state index in [0.29, 0.717) is 6.42 Å². The number of aromatic nitrogens is 1. The van der Waals surface area contributed by atoms with Crippen molar-refractivity contribution in [3.63, 3.8) is 0 Å². The zero-order chi connectivity index (χ0) is 10.5. The van der Waals surface area contributed by atoms with Crippen LogP contribution >= 0.6 is 0 Å². The molecule has 2 heteroatoms. The number of rotatable bonds is 3. The van der Waals surface area contributed by atoms with Crippen molar-refractivity contribution in [3.05, 3.63) is 54.4 Å². The molecule has 0 aliphatic carbocycles. The van der Waals surface area contributed by atoms with Crippen molar-refractivity contribution >= 4 is 6.29 Å². The van der Waals surface area contributed by atoms with E-state index in [1.807, 2.05) is 42.6 Å². The van der Waals surface area contributed by atoms with Crippen LogP contribution in [-0.2, 0) is 11.2 Å². The second-order valence-electron chi connectivity index (χ2n) is 3.31. The molecule has 0 amide bonds. The van der Waals surface area contributed by atoms with Gasteiger partial charge in [-0.3, -0.25) is 4.98 Å². The lowest BCUT2D eigenvalue weighted by atomic mass is 10.0. The van der Waals surface area contributed by atoms with Crippen molar-refractivity contribution in [1.82, 2.24) is 4.98 Å². The van der Waals surface area contributed by atoms with Gasteiger partial charge in [0.2, 0.25) is 0 Å². The van der Waals surface area contributed by atoms with E-state index in [1.165, 1.54) is 0 Å². The van der Waals surface area contributed by atoms with Gasteiger partial charge in [0.15, 0.2) is 0 Å². The molecule has 2 rings (SSSR count). The van der Waals surface area contributed by atoms with Gasteiger partial charge >= 0.3 is 0 Å². The molecule has 1 heterocycles. The molecular formula is C13H11NO. The van der Waals surface area contributed by atoms with Crippen LogP contribution in [0.2, 0.25) is 0 Å². The molecule has 0 radical (unpaired) electrons. The van der Waals surface area contributed by atoms with Crippen LogP contribution in [0, 0.1) is 0 Å². The van der Waals surface area contributed by atoms with Gasteiger partial charge < -0.3 is 4.79 Å². The molecule has 0 saturated heterocycles. The average molecular weight is 197 g/mol. The second kappa shape index (κ2) is 4.51. The molecule has 0 aliphatic heterocycles. The Morgan fingerprint density at radius 2 is 1.87 bits per heavy atom. The number of carbonyl (C=O) groups is 1. The minimum absolute atomic E-state index is 0.479. The summed E-state index contributed by atoms with van der Waals surface area (Å²) in [7, 11) is 0. The third-order valence-electron chi connectivity index (χ3n) is 2.27. The first-order valence-electron chi connectivity index (χ1n) is 4.83. The van der Waals surface area contributed by atoms with Gasteiger partial charge in [-0.1, -0.05) is 30.3 Å². The van der Waals surface area contributed by atoms with Gasteiger partial charge in [-0.05, 0) is 22.8 Å². The summed E-state index contributed by atoms with van der Waals surface area (Å²) in [5, 5.41) is 0. The highest BCUT2D eigenvalue weighted by atomic mass is 16.1. The smallest absolute Gasteiger partial charge is 0.124 e. The van der Waals surface area contributed by atoms with Crippen LogP contribution in [0.15, 0.2) is 48.8 Å². The summed E-state index contributed by atoms with van der Waals surface area (Å²) in [6.45, 7) is 0. The van der Waals surface area contributed by atoms with Crippen LogP contribution in [0.25, 0.3) is 11.1 Å². The fourth-order valence-corrected chi connectivity index (χ4v) is 1.46. The maximum Gasteiger partial charge on any atom is 0.124 e. The van der Waals surface area contributed by atoms with Gasteiger partial charge in [0, 0.05) is 18.8 Å². The molecule has 0 aliphatic rings. The van der Waals surface area contributed by atoms with Crippen LogP contribution in [-0.4, -0.2) is 11.3 Å². The highest BCUT2D eigenvalue weighted by molar-refractivity contribution is 5.63. The van der Waals surface area contributed by atoms with Gasteiger partial charge in [0.05, 0.1) is 0 Å². The Hall–Kier alpha value is -1.96. The summed E-state index contributed by atoms with van der Waals surface area (Å²) in [6.07, 6.45) is 4.98. The molecule has 0 bridgehead atoms. The standard InChI is InChI=1S/C13H11NO/c15-9-7-11-3-5-12(6-4-11)13-2-1-8-14-10-13/h1-6,8-10H,7H2. The van der Waals surface area contributed by atoms with Crippen LogP contribution in [0.4, 0.5) is 0 Å². The first-order chi connectivity index (χ1) is 7.40. The SMILES string of the molecule is O=CCc1ccc(-c2cccnc2)cc1. The Morgan fingerprint density at radius 1 is 1.07 bits per heavy atom. The normalized spacial score (nSPS) is 9.87.